The molecule has 0 aliphatic carbocycles. The van der Waals surface area contributed by atoms with Crippen LogP contribution in [0.5, 0.6) is 0 Å². The van der Waals surface area contributed by atoms with Gasteiger partial charge >= 0.3 is 12.0 Å². The monoisotopic (exact) mass is 306 g/mol. The number of rotatable bonds is 5. The highest BCUT2D eigenvalue weighted by Crippen LogP contribution is 2.13. The summed E-state index contributed by atoms with van der Waals surface area (Å²) in [5.41, 5.74) is 1.64. The van der Waals surface area contributed by atoms with Gasteiger partial charge in [0.1, 0.15) is 6.20 Å². The van der Waals surface area contributed by atoms with Crippen molar-refractivity contribution in [2.24, 2.45) is 7.05 Å². The van der Waals surface area contributed by atoms with Crippen LogP contribution >= 0.6 is 0 Å². The van der Waals surface area contributed by atoms with E-state index in [1.807, 2.05) is 0 Å². The van der Waals surface area contributed by atoms with E-state index in [1.54, 1.807) is 24.3 Å². The van der Waals surface area contributed by atoms with Crippen molar-refractivity contribution < 1.29 is 19.6 Å². The number of amides is 1. The van der Waals surface area contributed by atoms with Crippen LogP contribution < -0.4 is 5.32 Å². The summed E-state index contributed by atoms with van der Waals surface area (Å²) in [7, 11) is 1.47. The molecule has 0 aliphatic rings. The zero-order valence-corrected chi connectivity index (χ0v) is 11.7. The van der Waals surface area contributed by atoms with Gasteiger partial charge < -0.3 is 20.0 Å². The SMILES string of the molecule is Cn1c(COC(=O)Nc2ccc(CO)cc2)cnc1[N+](=O)[O-]. The summed E-state index contributed by atoms with van der Waals surface area (Å²) >= 11 is 0. The average molecular weight is 306 g/mol. The number of ether oxygens (including phenoxy) is 1. The predicted molar refractivity (Wildman–Crippen MR) is 76.0 cm³/mol. The van der Waals surface area contributed by atoms with Gasteiger partial charge in [-0.3, -0.25) is 5.32 Å². The molecule has 2 N–H and O–H groups in total. The molecule has 0 bridgehead atoms. The Morgan fingerprint density at radius 2 is 2.14 bits per heavy atom. The van der Waals surface area contributed by atoms with Crippen molar-refractivity contribution in [3.05, 3.63) is 51.8 Å². The van der Waals surface area contributed by atoms with Gasteiger partial charge in [-0.15, -0.1) is 0 Å². The van der Waals surface area contributed by atoms with Crippen LogP contribution in [0.1, 0.15) is 11.3 Å². The molecular weight excluding hydrogens is 292 g/mol. The molecule has 0 atom stereocenters. The summed E-state index contributed by atoms with van der Waals surface area (Å²) < 4.78 is 6.22. The van der Waals surface area contributed by atoms with Gasteiger partial charge in [-0.25, -0.2) is 9.36 Å². The third-order valence-corrected chi connectivity index (χ3v) is 2.96. The van der Waals surface area contributed by atoms with Crippen LogP contribution in [0.15, 0.2) is 30.5 Å². The fourth-order valence-electron chi connectivity index (χ4n) is 1.72. The molecule has 1 aromatic carbocycles. The standard InChI is InChI=1S/C13H14N4O5/c1-16-11(6-14-12(16)17(20)21)8-22-13(19)15-10-4-2-9(7-18)3-5-10/h2-6,18H,7-8H2,1H3,(H,15,19). The minimum Gasteiger partial charge on any atom is -0.441 e. The molecule has 2 rings (SSSR count). The average Bonchev–Trinajstić information content (AvgIpc) is 2.87. The van der Waals surface area contributed by atoms with Gasteiger partial charge in [0.2, 0.25) is 0 Å². The maximum Gasteiger partial charge on any atom is 0.434 e. The van der Waals surface area contributed by atoms with Gasteiger partial charge in [-0.2, -0.15) is 0 Å². The van der Waals surface area contributed by atoms with E-state index in [0.29, 0.717) is 11.4 Å². The van der Waals surface area contributed by atoms with E-state index >= 15 is 0 Å². The highest BCUT2D eigenvalue weighted by Gasteiger charge is 2.18. The van der Waals surface area contributed by atoms with Crippen molar-refractivity contribution in [3.63, 3.8) is 0 Å². The highest BCUT2D eigenvalue weighted by molar-refractivity contribution is 5.84. The zero-order valence-electron chi connectivity index (χ0n) is 11.7. The third kappa shape index (κ3) is 3.58. The van der Waals surface area contributed by atoms with E-state index in [9.17, 15) is 14.9 Å². The van der Waals surface area contributed by atoms with Gasteiger partial charge in [0, 0.05) is 5.69 Å². The Morgan fingerprint density at radius 3 is 2.68 bits per heavy atom. The summed E-state index contributed by atoms with van der Waals surface area (Å²) in [4.78, 5) is 25.3. The molecule has 0 aliphatic heterocycles. The first-order chi connectivity index (χ1) is 10.5. The molecule has 1 heterocycles. The van der Waals surface area contributed by atoms with E-state index in [2.05, 4.69) is 10.3 Å². The van der Waals surface area contributed by atoms with Crippen molar-refractivity contribution in [2.45, 2.75) is 13.2 Å². The number of anilines is 1. The molecule has 0 fully saturated rings. The van der Waals surface area contributed by atoms with E-state index in [-0.39, 0.29) is 19.2 Å². The molecule has 1 aromatic heterocycles. The fraction of sp³-hybridized carbons (Fsp3) is 0.231. The van der Waals surface area contributed by atoms with Gasteiger partial charge in [-0.05, 0) is 22.6 Å². The molecule has 0 saturated heterocycles. The van der Waals surface area contributed by atoms with Crippen LogP contribution in [0.25, 0.3) is 0 Å². The number of carbonyl (C=O) groups is 1. The minimum absolute atomic E-state index is 0.0794. The van der Waals surface area contributed by atoms with Crippen molar-refractivity contribution >= 4 is 17.7 Å². The second kappa shape index (κ2) is 6.68. The van der Waals surface area contributed by atoms with Crippen LogP contribution in [-0.4, -0.2) is 25.7 Å². The number of aromatic nitrogens is 2. The number of nitrogens with one attached hydrogen (secondary N) is 1. The van der Waals surface area contributed by atoms with Crippen LogP contribution in [0.4, 0.5) is 16.4 Å². The molecule has 9 nitrogen and oxygen atoms in total. The summed E-state index contributed by atoms with van der Waals surface area (Å²) in [5, 5.41) is 22.1. The molecule has 116 valence electrons. The second-order valence-corrected chi connectivity index (χ2v) is 4.42. The van der Waals surface area contributed by atoms with Gasteiger partial charge in [0.05, 0.1) is 13.7 Å². The van der Waals surface area contributed by atoms with Crippen LogP contribution in [0, 0.1) is 10.1 Å². The maximum absolute atomic E-state index is 11.6. The van der Waals surface area contributed by atoms with Crippen molar-refractivity contribution in [1.29, 1.82) is 0 Å². The Kier molecular flexibility index (Phi) is 4.69. The smallest absolute Gasteiger partial charge is 0.434 e. The first kappa shape index (κ1) is 15.4. The molecule has 22 heavy (non-hydrogen) atoms. The molecule has 9 heteroatoms. The molecule has 0 unspecified atom stereocenters. The zero-order chi connectivity index (χ0) is 16.1. The number of aliphatic hydroxyl groups excluding tert-OH is 1. The first-order valence-electron chi connectivity index (χ1n) is 6.30. The summed E-state index contributed by atoms with van der Waals surface area (Å²) in [5.74, 6) is -0.321. The van der Waals surface area contributed by atoms with Gasteiger partial charge in [-0.1, -0.05) is 17.1 Å². The number of carbonyl (C=O) groups excluding carboxylic acids is 1. The summed E-state index contributed by atoms with van der Waals surface area (Å²) in [6, 6.07) is 6.59. The molecule has 2 aromatic rings. The Bertz CT molecular complexity index is 680. The molecule has 1 amide bonds. The van der Waals surface area contributed by atoms with E-state index < -0.39 is 11.0 Å². The number of aliphatic hydroxyl groups is 1. The first-order valence-corrected chi connectivity index (χ1v) is 6.30. The van der Waals surface area contributed by atoms with Crippen LogP contribution in [0.2, 0.25) is 0 Å². The minimum atomic E-state index is -0.694. The number of hydrogen-bond donors (Lipinski definition) is 2. The summed E-state index contributed by atoms with van der Waals surface area (Å²) in [6.07, 6.45) is 0.585. The van der Waals surface area contributed by atoms with Crippen LogP contribution in [0.3, 0.4) is 0 Å². The normalized spacial score (nSPS) is 10.3. The lowest BCUT2D eigenvalue weighted by molar-refractivity contribution is -0.396. The number of benzene rings is 1. The lowest BCUT2D eigenvalue weighted by Gasteiger charge is -2.06. The Morgan fingerprint density at radius 1 is 1.45 bits per heavy atom. The fourth-order valence-corrected chi connectivity index (χ4v) is 1.72. The topological polar surface area (TPSA) is 120 Å². The lowest BCUT2D eigenvalue weighted by Crippen LogP contribution is -2.14. The molecular formula is C13H14N4O5. The quantitative estimate of drug-likeness (QED) is 0.639. The molecule has 0 radical (unpaired) electrons. The Labute approximate surface area is 125 Å². The Hall–Kier alpha value is -2.94. The van der Waals surface area contributed by atoms with Gasteiger partial charge in [0.15, 0.2) is 12.3 Å². The summed E-state index contributed by atoms with van der Waals surface area (Å²) in [6.45, 7) is -0.220. The third-order valence-electron chi connectivity index (χ3n) is 2.96. The van der Waals surface area contributed by atoms with Crippen LogP contribution in [-0.2, 0) is 25.0 Å². The van der Waals surface area contributed by atoms with Crippen molar-refractivity contribution in [1.82, 2.24) is 9.55 Å². The second-order valence-electron chi connectivity index (χ2n) is 4.42. The van der Waals surface area contributed by atoms with E-state index in [0.717, 1.165) is 5.56 Å². The lowest BCUT2D eigenvalue weighted by atomic mass is 10.2. The highest BCUT2D eigenvalue weighted by atomic mass is 16.6. The van der Waals surface area contributed by atoms with Gasteiger partial charge in [0.25, 0.3) is 0 Å². The molecule has 0 spiro atoms. The number of nitro groups is 1. The van der Waals surface area contributed by atoms with E-state index in [4.69, 9.17) is 9.84 Å². The number of nitrogens with zero attached hydrogens (tertiary/aromatic N) is 3. The largest absolute Gasteiger partial charge is 0.441 e. The maximum atomic E-state index is 11.6. The van der Waals surface area contributed by atoms with E-state index in [1.165, 1.54) is 17.8 Å². The number of imidazole rings is 1. The number of hydrogen-bond acceptors (Lipinski definition) is 6. The predicted octanol–water partition coefficient (Wildman–Crippen LogP) is 1.57. The van der Waals surface area contributed by atoms with Crippen molar-refractivity contribution in [2.75, 3.05) is 5.32 Å². The Balaban J connectivity index is 1.91. The molecule has 0 saturated carbocycles. The van der Waals surface area contributed by atoms with Crippen molar-refractivity contribution in [3.8, 4) is 0 Å².